The Morgan fingerprint density at radius 3 is 2.31 bits per heavy atom. The van der Waals surface area contributed by atoms with Crippen LogP contribution < -0.4 is 0 Å². The predicted molar refractivity (Wildman–Crippen MR) is 42.2 cm³/mol. The zero-order chi connectivity index (χ0) is 8.93. The highest BCUT2D eigenvalue weighted by molar-refractivity contribution is 4.67. The van der Waals surface area contributed by atoms with Crippen LogP contribution in [0.25, 0.3) is 0 Å². The van der Waals surface area contributed by atoms with Gasteiger partial charge in [0, 0.05) is 0 Å². The molecule has 0 aliphatic carbocycles. The van der Waals surface area contributed by atoms with E-state index in [0.717, 1.165) is 13.2 Å². The fourth-order valence-electron chi connectivity index (χ4n) is 0.819. The smallest absolute Gasteiger partial charge is 0.111 e. The predicted octanol–water partition coefficient (Wildman–Crippen LogP) is -0.251. The van der Waals surface area contributed by atoms with E-state index in [-0.39, 0.29) is 6.10 Å². The largest absolute Gasteiger partial charge is 0.376 e. The summed E-state index contributed by atoms with van der Waals surface area (Å²) in [6.45, 7) is 3.81. The van der Waals surface area contributed by atoms with Crippen LogP contribution in [0.15, 0.2) is 0 Å². The Labute approximate surface area is 76.8 Å². The standard InChI is InChI=1S/C8H14O5/c1(9-3-7-4-10-7)2-12-13-6-8-5-11-8/h7-8H,1-6H2. The topological polar surface area (TPSA) is 52.8 Å². The van der Waals surface area contributed by atoms with Crippen LogP contribution in [0, 0.1) is 0 Å². The van der Waals surface area contributed by atoms with Gasteiger partial charge >= 0.3 is 0 Å². The van der Waals surface area contributed by atoms with E-state index in [4.69, 9.17) is 24.0 Å². The molecule has 0 bridgehead atoms. The normalized spacial score (nSPS) is 30.5. The Hall–Kier alpha value is -0.200. The summed E-state index contributed by atoms with van der Waals surface area (Å²) in [6.07, 6.45) is 0.571. The van der Waals surface area contributed by atoms with Crippen LogP contribution in [0.4, 0.5) is 0 Å². The monoisotopic (exact) mass is 190 g/mol. The zero-order valence-corrected chi connectivity index (χ0v) is 7.44. The minimum atomic E-state index is 0.251. The molecule has 2 aliphatic heterocycles. The Morgan fingerprint density at radius 2 is 1.62 bits per heavy atom. The molecule has 0 aromatic heterocycles. The lowest BCUT2D eigenvalue weighted by atomic mass is 10.5. The molecule has 5 nitrogen and oxygen atoms in total. The van der Waals surface area contributed by atoms with E-state index >= 15 is 0 Å². The number of ether oxygens (including phenoxy) is 3. The quantitative estimate of drug-likeness (QED) is 0.228. The molecule has 2 atom stereocenters. The molecule has 2 aliphatic rings. The van der Waals surface area contributed by atoms with Crippen LogP contribution in [-0.2, 0) is 24.0 Å². The van der Waals surface area contributed by atoms with Crippen LogP contribution in [0.1, 0.15) is 0 Å². The molecule has 13 heavy (non-hydrogen) atoms. The third kappa shape index (κ3) is 4.54. The number of epoxide rings is 2. The number of hydrogen-bond donors (Lipinski definition) is 0. The van der Waals surface area contributed by atoms with Gasteiger partial charge in [-0.15, -0.1) is 0 Å². The molecule has 5 heteroatoms. The fourth-order valence-corrected chi connectivity index (χ4v) is 0.819. The van der Waals surface area contributed by atoms with Gasteiger partial charge < -0.3 is 14.2 Å². The molecule has 0 saturated carbocycles. The summed E-state index contributed by atoms with van der Waals surface area (Å²) in [4.78, 5) is 9.68. The van der Waals surface area contributed by atoms with Crippen molar-refractivity contribution in [1.82, 2.24) is 0 Å². The highest BCUT2D eigenvalue weighted by atomic mass is 17.2. The molecule has 0 radical (unpaired) electrons. The van der Waals surface area contributed by atoms with Crippen LogP contribution in [0.3, 0.4) is 0 Å². The molecule has 2 unspecified atom stereocenters. The maximum atomic E-state index is 5.22. The van der Waals surface area contributed by atoms with E-state index in [0.29, 0.717) is 32.5 Å². The van der Waals surface area contributed by atoms with E-state index in [2.05, 4.69) is 0 Å². The highest BCUT2D eigenvalue weighted by Gasteiger charge is 2.23. The van der Waals surface area contributed by atoms with Crippen molar-refractivity contribution in [2.45, 2.75) is 12.2 Å². The van der Waals surface area contributed by atoms with Gasteiger partial charge in [0.15, 0.2) is 0 Å². The SMILES string of the molecule is C(COOCC1CO1)OCC1CO1. The molecule has 2 saturated heterocycles. The third-order valence-corrected chi connectivity index (χ3v) is 1.76. The average molecular weight is 190 g/mol. The summed E-state index contributed by atoms with van der Waals surface area (Å²) < 4.78 is 15.1. The van der Waals surface area contributed by atoms with Crippen molar-refractivity contribution in [2.24, 2.45) is 0 Å². The second kappa shape index (κ2) is 4.88. The van der Waals surface area contributed by atoms with E-state index in [1.54, 1.807) is 0 Å². The van der Waals surface area contributed by atoms with E-state index in [1.807, 2.05) is 0 Å². The van der Waals surface area contributed by atoms with Crippen molar-refractivity contribution in [1.29, 1.82) is 0 Å². The van der Waals surface area contributed by atoms with Gasteiger partial charge in [-0.25, -0.2) is 9.78 Å². The summed E-state index contributed by atoms with van der Waals surface area (Å²) in [6, 6.07) is 0. The van der Waals surface area contributed by atoms with Gasteiger partial charge in [0.2, 0.25) is 0 Å². The Balaban J connectivity index is 1.28. The minimum absolute atomic E-state index is 0.251. The molecule has 0 N–H and O–H groups in total. The summed E-state index contributed by atoms with van der Waals surface area (Å²) >= 11 is 0. The van der Waals surface area contributed by atoms with E-state index in [9.17, 15) is 0 Å². The first-order valence-corrected chi connectivity index (χ1v) is 4.50. The summed E-state index contributed by atoms with van der Waals surface area (Å²) in [5.41, 5.74) is 0. The summed E-state index contributed by atoms with van der Waals surface area (Å²) in [5.74, 6) is 0. The first-order chi connectivity index (χ1) is 6.45. The van der Waals surface area contributed by atoms with Crippen molar-refractivity contribution >= 4 is 0 Å². The lowest BCUT2D eigenvalue weighted by Crippen LogP contribution is -2.10. The first-order valence-electron chi connectivity index (χ1n) is 4.50. The summed E-state index contributed by atoms with van der Waals surface area (Å²) in [5, 5.41) is 0. The molecule has 0 aromatic carbocycles. The van der Waals surface area contributed by atoms with Crippen LogP contribution in [0.5, 0.6) is 0 Å². The fraction of sp³-hybridized carbons (Fsp3) is 1.00. The molecule has 0 aromatic rings. The van der Waals surface area contributed by atoms with Crippen molar-refractivity contribution in [3.8, 4) is 0 Å². The third-order valence-electron chi connectivity index (χ3n) is 1.76. The minimum Gasteiger partial charge on any atom is -0.376 e. The Bertz CT molecular complexity index is 127. The van der Waals surface area contributed by atoms with Crippen LogP contribution >= 0.6 is 0 Å². The number of hydrogen-bond acceptors (Lipinski definition) is 5. The Morgan fingerprint density at radius 1 is 0.923 bits per heavy atom. The maximum absolute atomic E-state index is 5.22. The first kappa shape index (κ1) is 9.36. The molecule has 2 heterocycles. The van der Waals surface area contributed by atoms with Gasteiger partial charge in [-0.1, -0.05) is 0 Å². The van der Waals surface area contributed by atoms with Gasteiger partial charge in [0.25, 0.3) is 0 Å². The lowest BCUT2D eigenvalue weighted by molar-refractivity contribution is -0.300. The van der Waals surface area contributed by atoms with Gasteiger partial charge in [-0.05, 0) is 0 Å². The lowest BCUT2D eigenvalue weighted by Gasteiger charge is -2.02. The van der Waals surface area contributed by atoms with E-state index in [1.165, 1.54) is 0 Å². The van der Waals surface area contributed by atoms with Crippen LogP contribution in [0.2, 0.25) is 0 Å². The molecule has 2 fully saturated rings. The molecule has 0 amide bonds. The average Bonchev–Trinajstić information content (AvgIpc) is 2.99. The molecule has 2 rings (SSSR count). The second-order valence-electron chi connectivity index (χ2n) is 3.09. The molecular formula is C8H14O5. The Kier molecular flexibility index (Phi) is 3.51. The van der Waals surface area contributed by atoms with Crippen molar-refractivity contribution in [3.63, 3.8) is 0 Å². The van der Waals surface area contributed by atoms with Crippen molar-refractivity contribution in [3.05, 3.63) is 0 Å². The van der Waals surface area contributed by atoms with Gasteiger partial charge in [-0.3, -0.25) is 0 Å². The second-order valence-corrected chi connectivity index (χ2v) is 3.09. The molecule has 76 valence electrons. The van der Waals surface area contributed by atoms with Gasteiger partial charge in [-0.2, -0.15) is 0 Å². The molecular weight excluding hydrogens is 176 g/mol. The maximum Gasteiger partial charge on any atom is 0.111 e. The molecule has 0 spiro atoms. The zero-order valence-electron chi connectivity index (χ0n) is 7.44. The van der Waals surface area contributed by atoms with Gasteiger partial charge in [0.1, 0.15) is 25.4 Å². The van der Waals surface area contributed by atoms with Crippen molar-refractivity contribution in [2.75, 3.05) is 39.6 Å². The summed E-state index contributed by atoms with van der Waals surface area (Å²) in [7, 11) is 0. The van der Waals surface area contributed by atoms with Gasteiger partial charge in [0.05, 0.1) is 26.4 Å². The number of rotatable bonds is 8. The highest BCUT2D eigenvalue weighted by Crippen LogP contribution is 2.09. The van der Waals surface area contributed by atoms with Crippen LogP contribution in [-0.4, -0.2) is 51.8 Å². The van der Waals surface area contributed by atoms with E-state index < -0.39 is 0 Å². The van der Waals surface area contributed by atoms with Crippen molar-refractivity contribution < 1.29 is 24.0 Å².